The number of carbonyl (C=O) groups is 2. The Morgan fingerprint density at radius 3 is 2.65 bits per heavy atom. The number of thioether (sulfide) groups is 1. The molecule has 0 radical (unpaired) electrons. The Morgan fingerprint density at radius 1 is 1.35 bits per heavy atom. The molecular formula is C15H26N2O2S. The first-order valence-electron chi connectivity index (χ1n) is 7.73. The second-order valence-corrected chi connectivity index (χ2v) is 7.29. The molecule has 2 fully saturated rings. The van der Waals surface area contributed by atoms with Gasteiger partial charge in [0.1, 0.15) is 6.04 Å². The summed E-state index contributed by atoms with van der Waals surface area (Å²) in [6.45, 7) is 3.43. The van der Waals surface area contributed by atoms with Gasteiger partial charge >= 0.3 is 0 Å². The van der Waals surface area contributed by atoms with E-state index in [1.165, 1.54) is 25.7 Å². The highest BCUT2D eigenvalue weighted by Gasteiger charge is 2.38. The number of hydrogen-bond donors (Lipinski definition) is 1. The van der Waals surface area contributed by atoms with Crippen molar-refractivity contribution in [3.05, 3.63) is 0 Å². The van der Waals surface area contributed by atoms with Gasteiger partial charge in [-0.25, -0.2) is 0 Å². The van der Waals surface area contributed by atoms with Crippen LogP contribution in [-0.4, -0.2) is 46.8 Å². The van der Waals surface area contributed by atoms with Crippen molar-refractivity contribution >= 4 is 23.6 Å². The van der Waals surface area contributed by atoms with Gasteiger partial charge in [0.25, 0.3) is 0 Å². The third kappa shape index (κ3) is 3.48. The molecule has 2 rings (SSSR count). The highest BCUT2D eigenvalue weighted by molar-refractivity contribution is 8.00. The average Bonchev–Trinajstić information content (AvgIpc) is 2.86. The van der Waals surface area contributed by atoms with Crippen LogP contribution in [0.15, 0.2) is 0 Å². The van der Waals surface area contributed by atoms with Crippen LogP contribution < -0.4 is 5.32 Å². The van der Waals surface area contributed by atoms with Gasteiger partial charge in [-0.05, 0) is 25.5 Å². The van der Waals surface area contributed by atoms with Gasteiger partial charge in [-0.3, -0.25) is 9.59 Å². The van der Waals surface area contributed by atoms with Crippen molar-refractivity contribution in [3.8, 4) is 0 Å². The highest BCUT2D eigenvalue weighted by Crippen LogP contribution is 2.41. The third-order valence-corrected chi connectivity index (χ3v) is 5.96. The van der Waals surface area contributed by atoms with E-state index < -0.39 is 0 Å². The van der Waals surface area contributed by atoms with E-state index in [9.17, 15) is 9.59 Å². The van der Waals surface area contributed by atoms with Crippen LogP contribution >= 0.6 is 11.8 Å². The number of hydrogen-bond acceptors (Lipinski definition) is 3. The average molecular weight is 298 g/mol. The lowest BCUT2D eigenvalue weighted by molar-refractivity contribution is -0.134. The van der Waals surface area contributed by atoms with Crippen LogP contribution in [0.4, 0.5) is 0 Å². The third-order valence-electron chi connectivity index (χ3n) is 4.56. The largest absolute Gasteiger partial charge is 0.344 e. The topological polar surface area (TPSA) is 49.4 Å². The maximum atomic E-state index is 12.6. The Morgan fingerprint density at radius 2 is 2.05 bits per heavy atom. The molecule has 0 bridgehead atoms. The Bertz CT molecular complexity index is 367. The van der Waals surface area contributed by atoms with Crippen LogP contribution in [0.25, 0.3) is 0 Å². The molecule has 1 atom stereocenters. The summed E-state index contributed by atoms with van der Waals surface area (Å²) in [7, 11) is 0. The second kappa shape index (κ2) is 6.83. The summed E-state index contributed by atoms with van der Waals surface area (Å²) < 4.78 is 0.222. The molecule has 114 valence electrons. The molecule has 0 aromatic carbocycles. The molecule has 0 aromatic heterocycles. The van der Waals surface area contributed by atoms with E-state index in [1.54, 1.807) is 0 Å². The lowest BCUT2D eigenvalue weighted by atomic mass is 10.1. The highest BCUT2D eigenvalue weighted by atomic mass is 32.2. The Kier molecular flexibility index (Phi) is 5.35. The van der Waals surface area contributed by atoms with Gasteiger partial charge < -0.3 is 10.2 Å². The van der Waals surface area contributed by atoms with E-state index in [0.717, 1.165) is 19.4 Å². The van der Waals surface area contributed by atoms with Gasteiger partial charge in [0.05, 0.1) is 0 Å². The Labute approximate surface area is 126 Å². The summed E-state index contributed by atoms with van der Waals surface area (Å²) in [6, 6.07) is -0.310. The molecule has 0 aromatic rings. The van der Waals surface area contributed by atoms with E-state index in [-0.39, 0.29) is 22.6 Å². The van der Waals surface area contributed by atoms with Crippen LogP contribution in [-0.2, 0) is 9.59 Å². The molecule has 1 N–H and O–H groups in total. The molecule has 1 unspecified atom stereocenters. The number of amides is 2. The van der Waals surface area contributed by atoms with E-state index in [1.807, 2.05) is 16.7 Å². The van der Waals surface area contributed by atoms with Crippen LogP contribution in [0.1, 0.15) is 51.9 Å². The molecule has 0 spiro atoms. The maximum Gasteiger partial charge on any atom is 0.245 e. The summed E-state index contributed by atoms with van der Waals surface area (Å²) >= 11 is 1.90. The molecule has 20 heavy (non-hydrogen) atoms. The summed E-state index contributed by atoms with van der Waals surface area (Å²) in [5, 5.41) is 2.88. The lowest BCUT2D eigenvalue weighted by Gasteiger charge is -2.34. The van der Waals surface area contributed by atoms with Crippen molar-refractivity contribution in [2.45, 2.75) is 62.7 Å². The first-order chi connectivity index (χ1) is 9.60. The normalized spacial score (nSPS) is 26.5. The minimum atomic E-state index is -0.310. The zero-order chi connectivity index (χ0) is 14.6. The van der Waals surface area contributed by atoms with E-state index in [4.69, 9.17) is 0 Å². The SMILES string of the molecule is CCCC1NC(=O)CCN(CC2(SC)CCCC2)C1=O. The summed E-state index contributed by atoms with van der Waals surface area (Å²) in [5.74, 6) is 0.141. The van der Waals surface area contributed by atoms with Gasteiger partial charge in [-0.15, -0.1) is 0 Å². The van der Waals surface area contributed by atoms with Gasteiger partial charge in [-0.1, -0.05) is 26.2 Å². The van der Waals surface area contributed by atoms with Gasteiger partial charge in [0.15, 0.2) is 0 Å². The summed E-state index contributed by atoms with van der Waals surface area (Å²) in [5.41, 5.74) is 0. The molecule has 1 heterocycles. The fourth-order valence-corrected chi connectivity index (χ4v) is 4.31. The van der Waals surface area contributed by atoms with Gasteiger partial charge in [0.2, 0.25) is 11.8 Å². The monoisotopic (exact) mass is 298 g/mol. The Balaban J connectivity index is 2.08. The first-order valence-corrected chi connectivity index (χ1v) is 8.96. The number of carbonyl (C=O) groups excluding carboxylic acids is 2. The fraction of sp³-hybridized carbons (Fsp3) is 0.867. The first kappa shape index (κ1) is 15.7. The predicted molar refractivity (Wildman–Crippen MR) is 82.7 cm³/mol. The standard InChI is InChI=1S/C15H26N2O2S/c1-3-6-12-14(19)17(10-7-13(18)16-12)11-15(20-2)8-4-5-9-15/h12H,3-11H2,1-2H3,(H,16,18). The van der Waals surface area contributed by atoms with Gasteiger partial charge in [-0.2, -0.15) is 11.8 Å². The maximum absolute atomic E-state index is 12.6. The minimum Gasteiger partial charge on any atom is -0.344 e. The molecule has 2 amide bonds. The number of rotatable bonds is 5. The summed E-state index contributed by atoms with van der Waals surface area (Å²) in [4.78, 5) is 26.3. The fourth-order valence-electron chi connectivity index (χ4n) is 3.33. The van der Waals surface area contributed by atoms with E-state index >= 15 is 0 Å². The number of nitrogens with one attached hydrogen (secondary N) is 1. The zero-order valence-electron chi connectivity index (χ0n) is 12.6. The molecule has 2 aliphatic rings. The summed E-state index contributed by atoms with van der Waals surface area (Å²) in [6.07, 6.45) is 9.16. The number of nitrogens with zero attached hydrogens (tertiary/aromatic N) is 1. The predicted octanol–water partition coefficient (Wildman–Crippen LogP) is 2.18. The quantitative estimate of drug-likeness (QED) is 0.846. The van der Waals surface area contributed by atoms with Crippen molar-refractivity contribution in [3.63, 3.8) is 0 Å². The lowest BCUT2D eigenvalue weighted by Crippen LogP contribution is -2.48. The van der Waals surface area contributed by atoms with Crippen LogP contribution in [0.2, 0.25) is 0 Å². The van der Waals surface area contributed by atoms with Crippen molar-refractivity contribution < 1.29 is 9.59 Å². The molecule has 1 saturated heterocycles. The molecular weight excluding hydrogens is 272 g/mol. The van der Waals surface area contributed by atoms with Crippen LogP contribution in [0, 0.1) is 0 Å². The van der Waals surface area contributed by atoms with Gasteiger partial charge in [0, 0.05) is 24.3 Å². The minimum absolute atomic E-state index is 0.0175. The van der Waals surface area contributed by atoms with Crippen molar-refractivity contribution in [2.24, 2.45) is 0 Å². The van der Waals surface area contributed by atoms with Crippen molar-refractivity contribution in [1.29, 1.82) is 0 Å². The Hall–Kier alpha value is -0.710. The van der Waals surface area contributed by atoms with Crippen LogP contribution in [0.3, 0.4) is 0 Å². The molecule has 1 aliphatic heterocycles. The zero-order valence-corrected chi connectivity index (χ0v) is 13.4. The molecule has 1 saturated carbocycles. The molecule has 4 nitrogen and oxygen atoms in total. The van der Waals surface area contributed by atoms with Crippen molar-refractivity contribution in [1.82, 2.24) is 10.2 Å². The molecule has 1 aliphatic carbocycles. The second-order valence-electron chi connectivity index (χ2n) is 6.01. The van der Waals surface area contributed by atoms with Crippen molar-refractivity contribution in [2.75, 3.05) is 19.3 Å². The molecule has 5 heteroatoms. The van der Waals surface area contributed by atoms with E-state index in [2.05, 4.69) is 18.5 Å². The van der Waals surface area contributed by atoms with Crippen LogP contribution in [0.5, 0.6) is 0 Å². The smallest absolute Gasteiger partial charge is 0.245 e. The van der Waals surface area contributed by atoms with E-state index in [0.29, 0.717) is 13.0 Å².